The van der Waals surface area contributed by atoms with Crippen LogP contribution in [0.2, 0.25) is 0 Å². The van der Waals surface area contributed by atoms with Gasteiger partial charge in [-0.15, -0.1) is 11.3 Å². The molecule has 0 bridgehead atoms. The summed E-state index contributed by atoms with van der Waals surface area (Å²) < 4.78 is 1.27. The number of anilines is 3. The first-order chi connectivity index (χ1) is 23.8. The fraction of sp³-hybridized carbons (Fsp3) is 0. The van der Waals surface area contributed by atoms with E-state index in [2.05, 4.69) is 180 Å². The van der Waals surface area contributed by atoms with Crippen molar-refractivity contribution in [3.8, 4) is 33.4 Å². The Labute approximate surface area is 283 Å². The van der Waals surface area contributed by atoms with Gasteiger partial charge in [-0.25, -0.2) is 4.98 Å². The van der Waals surface area contributed by atoms with Gasteiger partial charge in [-0.2, -0.15) is 0 Å². The molecule has 0 N–H and O–H groups in total. The van der Waals surface area contributed by atoms with Gasteiger partial charge in [0.25, 0.3) is 0 Å². The monoisotopic (exact) mass is 630 g/mol. The van der Waals surface area contributed by atoms with E-state index in [9.17, 15) is 0 Å². The Morgan fingerprint density at radius 2 is 0.896 bits per heavy atom. The molecule has 2 heterocycles. The van der Waals surface area contributed by atoms with Crippen molar-refractivity contribution in [3.63, 3.8) is 0 Å². The number of hydrogen-bond acceptors (Lipinski definition) is 3. The Hall–Kier alpha value is -6.03. The minimum absolute atomic E-state index is 1.08. The quantitative estimate of drug-likeness (QED) is 0.182. The summed E-state index contributed by atoms with van der Waals surface area (Å²) in [5.74, 6) is 0. The van der Waals surface area contributed by atoms with E-state index in [0.29, 0.717) is 0 Å². The number of aromatic nitrogens is 1. The Kier molecular flexibility index (Phi) is 7.03. The molecule has 48 heavy (non-hydrogen) atoms. The van der Waals surface area contributed by atoms with E-state index >= 15 is 0 Å². The second-order valence-electron chi connectivity index (χ2n) is 12.0. The van der Waals surface area contributed by atoms with Crippen LogP contribution < -0.4 is 4.90 Å². The van der Waals surface area contributed by atoms with Gasteiger partial charge in [0.1, 0.15) is 4.83 Å². The topological polar surface area (TPSA) is 16.1 Å². The van der Waals surface area contributed by atoms with Crippen LogP contribution in [-0.4, -0.2) is 4.98 Å². The number of benzene rings is 7. The molecule has 0 radical (unpaired) electrons. The number of hydrogen-bond donors (Lipinski definition) is 0. The molecule has 7 aromatic carbocycles. The van der Waals surface area contributed by atoms with Crippen LogP contribution in [0.3, 0.4) is 0 Å². The van der Waals surface area contributed by atoms with E-state index in [1.54, 1.807) is 11.3 Å². The highest BCUT2D eigenvalue weighted by molar-refractivity contribution is 7.26. The maximum absolute atomic E-state index is 4.64. The fourth-order valence-corrected chi connectivity index (χ4v) is 7.98. The Bertz CT molecular complexity index is 2530. The molecule has 0 saturated heterocycles. The molecule has 9 rings (SSSR count). The maximum Gasteiger partial charge on any atom is 0.124 e. The van der Waals surface area contributed by atoms with Gasteiger partial charge in [0.2, 0.25) is 0 Å². The first kappa shape index (κ1) is 28.2. The number of fused-ring (bicyclic) bond motifs is 4. The molecule has 2 nitrogen and oxygen atoms in total. The van der Waals surface area contributed by atoms with Crippen LogP contribution in [0.4, 0.5) is 17.1 Å². The van der Waals surface area contributed by atoms with Gasteiger partial charge in [0, 0.05) is 38.7 Å². The number of pyridine rings is 1. The first-order valence-corrected chi connectivity index (χ1v) is 17.0. The summed E-state index contributed by atoms with van der Waals surface area (Å²) in [6.45, 7) is 0. The van der Waals surface area contributed by atoms with Crippen molar-refractivity contribution in [1.82, 2.24) is 4.98 Å². The molecule has 0 amide bonds. The fourth-order valence-electron chi connectivity index (χ4n) is 6.80. The van der Waals surface area contributed by atoms with Gasteiger partial charge in [-0.3, -0.25) is 0 Å². The van der Waals surface area contributed by atoms with Crippen molar-refractivity contribution in [2.45, 2.75) is 0 Å². The van der Waals surface area contributed by atoms with Crippen LogP contribution in [0.1, 0.15) is 0 Å². The summed E-state index contributed by atoms with van der Waals surface area (Å²) in [5.41, 5.74) is 10.6. The normalized spacial score (nSPS) is 11.3. The predicted molar refractivity (Wildman–Crippen MR) is 206 cm³/mol. The van der Waals surface area contributed by atoms with Crippen molar-refractivity contribution in [1.29, 1.82) is 0 Å². The van der Waals surface area contributed by atoms with E-state index < -0.39 is 0 Å². The molecule has 3 heteroatoms. The van der Waals surface area contributed by atoms with Gasteiger partial charge in [0.15, 0.2) is 0 Å². The van der Waals surface area contributed by atoms with E-state index in [-0.39, 0.29) is 0 Å². The van der Waals surface area contributed by atoms with Crippen LogP contribution in [-0.2, 0) is 0 Å². The molecule has 226 valence electrons. The highest BCUT2D eigenvalue weighted by Gasteiger charge is 2.16. The first-order valence-electron chi connectivity index (χ1n) is 16.2. The lowest BCUT2D eigenvalue weighted by Gasteiger charge is -2.26. The summed E-state index contributed by atoms with van der Waals surface area (Å²) in [4.78, 5) is 8.06. The van der Waals surface area contributed by atoms with Gasteiger partial charge in [0.05, 0.1) is 0 Å². The third-order valence-electron chi connectivity index (χ3n) is 9.17. The van der Waals surface area contributed by atoms with Gasteiger partial charge < -0.3 is 4.90 Å². The van der Waals surface area contributed by atoms with Crippen LogP contribution in [0, 0.1) is 0 Å². The van der Waals surface area contributed by atoms with Crippen molar-refractivity contribution in [3.05, 3.63) is 182 Å². The lowest BCUT2D eigenvalue weighted by molar-refractivity contribution is 1.28. The van der Waals surface area contributed by atoms with Crippen LogP contribution >= 0.6 is 11.3 Å². The average molecular weight is 631 g/mol. The lowest BCUT2D eigenvalue weighted by atomic mass is 9.98. The molecule has 9 aromatic rings. The summed E-state index contributed by atoms with van der Waals surface area (Å²) in [7, 11) is 0. The summed E-state index contributed by atoms with van der Waals surface area (Å²) >= 11 is 1.77. The van der Waals surface area contributed by atoms with Crippen LogP contribution in [0.15, 0.2) is 182 Å². The average Bonchev–Trinajstić information content (AvgIpc) is 3.55. The third-order valence-corrected chi connectivity index (χ3v) is 10.3. The number of thiophene rings is 1. The zero-order valence-corrected chi connectivity index (χ0v) is 26.9. The molecule has 2 aromatic heterocycles. The molecule has 0 fully saturated rings. The maximum atomic E-state index is 4.64. The number of rotatable bonds is 6. The molecular formula is C45H30N2S. The van der Waals surface area contributed by atoms with Crippen molar-refractivity contribution >= 4 is 59.5 Å². The van der Waals surface area contributed by atoms with E-state index in [1.165, 1.54) is 59.6 Å². The highest BCUT2D eigenvalue weighted by atomic mass is 32.1. The minimum Gasteiger partial charge on any atom is -0.311 e. The van der Waals surface area contributed by atoms with E-state index in [1.807, 2.05) is 12.3 Å². The van der Waals surface area contributed by atoms with Crippen molar-refractivity contribution < 1.29 is 0 Å². The molecule has 0 unspecified atom stereocenters. The molecule has 0 aliphatic heterocycles. The van der Waals surface area contributed by atoms with E-state index in [4.69, 9.17) is 0 Å². The Morgan fingerprint density at radius 1 is 0.375 bits per heavy atom. The van der Waals surface area contributed by atoms with Crippen LogP contribution in [0.25, 0.3) is 64.5 Å². The summed E-state index contributed by atoms with van der Waals surface area (Å²) in [5, 5.41) is 4.99. The zero-order chi connectivity index (χ0) is 31.9. The summed E-state index contributed by atoms with van der Waals surface area (Å²) in [6.07, 6.45) is 1.88. The van der Waals surface area contributed by atoms with Gasteiger partial charge in [-0.05, 0) is 92.7 Å². The minimum atomic E-state index is 1.08. The molecule has 0 saturated carbocycles. The van der Waals surface area contributed by atoms with E-state index in [0.717, 1.165) is 21.9 Å². The Balaban J connectivity index is 1.12. The second kappa shape index (κ2) is 12.0. The standard InChI is InChI=1S/C45H30N2S/c1-2-9-31(10-3-1)32-18-24-36(25-19-32)47(37-26-20-34(21-27-37)40-14-6-12-33-11-4-5-13-39(33)40)38-28-22-35(23-29-38)41-15-7-16-42-43-17-8-30-46-45(43)48-44(41)42/h1-30H. The van der Waals surface area contributed by atoms with Gasteiger partial charge >= 0.3 is 0 Å². The zero-order valence-electron chi connectivity index (χ0n) is 26.1. The van der Waals surface area contributed by atoms with Crippen molar-refractivity contribution in [2.24, 2.45) is 0 Å². The molecule has 0 aliphatic rings. The molecular weight excluding hydrogens is 601 g/mol. The lowest BCUT2D eigenvalue weighted by Crippen LogP contribution is -2.09. The SMILES string of the molecule is c1ccc(-c2ccc(N(c3ccc(-c4cccc5ccccc45)cc3)c3ccc(-c4cccc5c4sc4ncccc45)cc3)cc2)cc1. The second-order valence-corrected chi connectivity index (χ2v) is 13.0. The van der Waals surface area contributed by atoms with Crippen LogP contribution in [0.5, 0.6) is 0 Å². The number of nitrogens with zero attached hydrogens (tertiary/aromatic N) is 2. The Morgan fingerprint density at radius 3 is 1.62 bits per heavy atom. The smallest absolute Gasteiger partial charge is 0.124 e. The summed E-state index contributed by atoms with van der Waals surface area (Å²) in [6, 6.07) is 63.3. The van der Waals surface area contributed by atoms with Gasteiger partial charge in [-0.1, -0.05) is 127 Å². The molecule has 0 spiro atoms. The predicted octanol–water partition coefficient (Wildman–Crippen LogP) is 13.1. The molecule has 0 atom stereocenters. The third kappa shape index (κ3) is 5.02. The largest absolute Gasteiger partial charge is 0.311 e. The highest BCUT2D eigenvalue weighted by Crippen LogP contribution is 2.41. The van der Waals surface area contributed by atoms with Crippen molar-refractivity contribution in [2.75, 3.05) is 4.90 Å². The molecule has 0 aliphatic carbocycles.